The SMILES string of the molecule is C=CCCC(C)NCc1ccc(NC(=O)OC(C)(C)C)cc1. The Hall–Kier alpha value is -1.81. The first-order valence-electron chi connectivity index (χ1n) is 7.73. The molecule has 1 amide bonds. The summed E-state index contributed by atoms with van der Waals surface area (Å²) in [5.41, 5.74) is 1.42. The second kappa shape index (κ2) is 8.59. The number of anilines is 1. The number of amides is 1. The molecule has 4 heteroatoms. The number of hydrogen-bond acceptors (Lipinski definition) is 3. The average Bonchev–Trinajstić information content (AvgIpc) is 2.42. The van der Waals surface area contributed by atoms with E-state index in [0.29, 0.717) is 6.04 Å². The summed E-state index contributed by atoms with van der Waals surface area (Å²) in [6, 6.07) is 8.22. The largest absolute Gasteiger partial charge is 0.444 e. The molecule has 0 saturated heterocycles. The minimum Gasteiger partial charge on any atom is -0.444 e. The van der Waals surface area contributed by atoms with E-state index in [1.807, 2.05) is 51.1 Å². The second-order valence-corrected chi connectivity index (χ2v) is 6.47. The Kier molecular flexibility index (Phi) is 7.12. The summed E-state index contributed by atoms with van der Waals surface area (Å²) in [5, 5.41) is 6.19. The van der Waals surface area contributed by atoms with Crippen LogP contribution in [0.25, 0.3) is 0 Å². The van der Waals surface area contributed by atoms with Crippen molar-refractivity contribution >= 4 is 11.8 Å². The van der Waals surface area contributed by atoms with Crippen LogP contribution in [0.15, 0.2) is 36.9 Å². The topological polar surface area (TPSA) is 50.4 Å². The summed E-state index contributed by atoms with van der Waals surface area (Å²) in [4.78, 5) is 11.7. The lowest BCUT2D eigenvalue weighted by Gasteiger charge is -2.19. The fourth-order valence-corrected chi connectivity index (χ4v) is 1.89. The monoisotopic (exact) mass is 304 g/mol. The van der Waals surface area contributed by atoms with Gasteiger partial charge in [0.1, 0.15) is 5.60 Å². The third kappa shape index (κ3) is 7.84. The highest BCUT2D eigenvalue weighted by Crippen LogP contribution is 2.13. The van der Waals surface area contributed by atoms with Gasteiger partial charge in [0.2, 0.25) is 0 Å². The lowest BCUT2D eigenvalue weighted by atomic mass is 10.1. The van der Waals surface area contributed by atoms with E-state index in [-0.39, 0.29) is 0 Å². The third-order valence-electron chi connectivity index (χ3n) is 3.06. The van der Waals surface area contributed by atoms with E-state index in [0.717, 1.165) is 25.1 Å². The number of ether oxygens (including phenoxy) is 1. The molecule has 0 bridgehead atoms. The summed E-state index contributed by atoms with van der Waals surface area (Å²) in [7, 11) is 0. The van der Waals surface area contributed by atoms with Gasteiger partial charge in [-0.1, -0.05) is 18.2 Å². The predicted molar refractivity (Wildman–Crippen MR) is 92.0 cm³/mol. The van der Waals surface area contributed by atoms with Gasteiger partial charge in [0.05, 0.1) is 0 Å². The van der Waals surface area contributed by atoms with Crippen LogP contribution in [0.1, 0.15) is 46.1 Å². The summed E-state index contributed by atoms with van der Waals surface area (Å²) in [6.45, 7) is 12.2. The number of benzene rings is 1. The molecule has 0 aliphatic rings. The highest BCUT2D eigenvalue weighted by atomic mass is 16.6. The number of hydrogen-bond donors (Lipinski definition) is 2. The van der Waals surface area contributed by atoms with E-state index in [4.69, 9.17) is 4.74 Å². The molecule has 0 fully saturated rings. The van der Waals surface area contributed by atoms with Gasteiger partial charge in [0, 0.05) is 18.3 Å². The standard InChI is InChI=1S/C18H28N2O2/c1-6-7-8-14(2)19-13-15-9-11-16(12-10-15)20-17(21)22-18(3,4)5/h6,9-12,14,19H,1,7-8,13H2,2-5H3,(H,20,21). The summed E-state index contributed by atoms with van der Waals surface area (Å²) in [6.07, 6.45) is 3.61. The van der Waals surface area contributed by atoms with E-state index >= 15 is 0 Å². The number of rotatable bonds is 7. The van der Waals surface area contributed by atoms with Gasteiger partial charge in [-0.25, -0.2) is 4.79 Å². The van der Waals surface area contributed by atoms with Crippen molar-refractivity contribution in [3.63, 3.8) is 0 Å². The Labute approximate surface area is 133 Å². The fourth-order valence-electron chi connectivity index (χ4n) is 1.89. The molecule has 1 atom stereocenters. The molecule has 0 aromatic heterocycles. The van der Waals surface area contributed by atoms with Crippen LogP contribution in [-0.4, -0.2) is 17.7 Å². The first-order chi connectivity index (χ1) is 10.3. The van der Waals surface area contributed by atoms with E-state index in [2.05, 4.69) is 24.1 Å². The molecule has 0 aliphatic carbocycles. The Balaban J connectivity index is 2.42. The lowest BCUT2D eigenvalue weighted by molar-refractivity contribution is 0.0636. The minimum atomic E-state index is -0.491. The molecule has 22 heavy (non-hydrogen) atoms. The zero-order valence-electron chi connectivity index (χ0n) is 14.1. The van der Waals surface area contributed by atoms with Crippen LogP contribution >= 0.6 is 0 Å². The smallest absolute Gasteiger partial charge is 0.412 e. The minimum absolute atomic E-state index is 0.434. The van der Waals surface area contributed by atoms with Gasteiger partial charge in [-0.2, -0.15) is 0 Å². The van der Waals surface area contributed by atoms with Crippen LogP contribution in [0, 0.1) is 0 Å². The van der Waals surface area contributed by atoms with Gasteiger partial charge < -0.3 is 10.1 Å². The van der Waals surface area contributed by atoms with Crippen LogP contribution in [0.3, 0.4) is 0 Å². The molecular formula is C18H28N2O2. The maximum absolute atomic E-state index is 11.7. The molecule has 0 spiro atoms. The molecular weight excluding hydrogens is 276 g/mol. The average molecular weight is 304 g/mol. The molecule has 0 saturated carbocycles. The van der Waals surface area contributed by atoms with Crippen LogP contribution in [0.4, 0.5) is 10.5 Å². The number of nitrogens with one attached hydrogen (secondary N) is 2. The molecule has 0 aliphatic heterocycles. The summed E-state index contributed by atoms with van der Waals surface area (Å²) < 4.78 is 5.22. The van der Waals surface area contributed by atoms with Gasteiger partial charge in [-0.15, -0.1) is 6.58 Å². The number of carbonyl (C=O) groups excluding carboxylic acids is 1. The molecule has 0 heterocycles. The lowest BCUT2D eigenvalue weighted by Crippen LogP contribution is -2.27. The Morgan fingerprint density at radius 2 is 1.95 bits per heavy atom. The van der Waals surface area contributed by atoms with E-state index < -0.39 is 11.7 Å². The van der Waals surface area contributed by atoms with Crippen molar-refractivity contribution in [1.29, 1.82) is 0 Å². The maximum Gasteiger partial charge on any atom is 0.412 e. The molecule has 1 unspecified atom stereocenters. The van der Waals surface area contributed by atoms with Gasteiger partial charge in [0.15, 0.2) is 0 Å². The summed E-state index contributed by atoms with van der Waals surface area (Å²) >= 11 is 0. The predicted octanol–water partition coefficient (Wildman–Crippen LogP) is 4.48. The zero-order valence-corrected chi connectivity index (χ0v) is 14.1. The number of carbonyl (C=O) groups is 1. The fraction of sp³-hybridized carbons (Fsp3) is 0.500. The van der Waals surface area contributed by atoms with Crippen molar-refractivity contribution in [2.24, 2.45) is 0 Å². The molecule has 1 aromatic carbocycles. The van der Waals surface area contributed by atoms with Crippen molar-refractivity contribution < 1.29 is 9.53 Å². The molecule has 1 rings (SSSR count). The van der Waals surface area contributed by atoms with E-state index in [1.54, 1.807) is 0 Å². The van der Waals surface area contributed by atoms with E-state index in [1.165, 1.54) is 5.56 Å². The Bertz CT molecular complexity index is 475. The zero-order chi connectivity index (χ0) is 16.6. The molecule has 1 aromatic rings. The molecule has 122 valence electrons. The van der Waals surface area contributed by atoms with Crippen LogP contribution in [0.5, 0.6) is 0 Å². The highest BCUT2D eigenvalue weighted by Gasteiger charge is 2.16. The van der Waals surface area contributed by atoms with Crippen LogP contribution in [-0.2, 0) is 11.3 Å². The van der Waals surface area contributed by atoms with Gasteiger partial charge in [-0.05, 0) is 58.2 Å². The molecule has 2 N–H and O–H groups in total. The van der Waals surface area contributed by atoms with Gasteiger partial charge >= 0.3 is 6.09 Å². The third-order valence-corrected chi connectivity index (χ3v) is 3.06. The maximum atomic E-state index is 11.7. The van der Waals surface area contributed by atoms with Crippen molar-refractivity contribution in [2.75, 3.05) is 5.32 Å². The Morgan fingerprint density at radius 3 is 2.50 bits per heavy atom. The molecule has 4 nitrogen and oxygen atoms in total. The van der Waals surface area contributed by atoms with Crippen molar-refractivity contribution in [2.45, 2.75) is 58.7 Å². The van der Waals surface area contributed by atoms with Crippen LogP contribution in [0.2, 0.25) is 0 Å². The van der Waals surface area contributed by atoms with Crippen molar-refractivity contribution in [3.05, 3.63) is 42.5 Å². The quantitative estimate of drug-likeness (QED) is 0.730. The van der Waals surface area contributed by atoms with Crippen LogP contribution < -0.4 is 10.6 Å². The second-order valence-electron chi connectivity index (χ2n) is 6.47. The highest BCUT2D eigenvalue weighted by molar-refractivity contribution is 5.84. The molecule has 0 radical (unpaired) electrons. The van der Waals surface area contributed by atoms with Gasteiger partial charge in [0.25, 0.3) is 0 Å². The van der Waals surface area contributed by atoms with Gasteiger partial charge in [-0.3, -0.25) is 5.32 Å². The number of allylic oxidation sites excluding steroid dienone is 1. The van der Waals surface area contributed by atoms with E-state index in [9.17, 15) is 4.79 Å². The van der Waals surface area contributed by atoms with Crippen molar-refractivity contribution in [3.8, 4) is 0 Å². The Morgan fingerprint density at radius 1 is 1.32 bits per heavy atom. The van der Waals surface area contributed by atoms with Crippen molar-refractivity contribution in [1.82, 2.24) is 5.32 Å². The summed E-state index contributed by atoms with van der Waals surface area (Å²) in [5.74, 6) is 0. The first-order valence-corrected chi connectivity index (χ1v) is 7.73. The first kappa shape index (κ1) is 18.2. The normalized spacial score (nSPS) is 12.5.